The van der Waals surface area contributed by atoms with Crippen molar-refractivity contribution in [2.45, 2.75) is 13.0 Å². The van der Waals surface area contributed by atoms with Crippen LogP contribution in [-0.4, -0.2) is 38.2 Å². The van der Waals surface area contributed by atoms with Crippen LogP contribution in [-0.2, 0) is 0 Å². The van der Waals surface area contributed by atoms with Crippen molar-refractivity contribution in [3.05, 3.63) is 28.8 Å². The minimum Gasteiger partial charge on any atom is -0.492 e. The molecule has 1 aromatic rings. The largest absolute Gasteiger partial charge is 0.492 e. The fourth-order valence-corrected chi connectivity index (χ4v) is 2.37. The summed E-state index contributed by atoms with van der Waals surface area (Å²) in [7, 11) is 2.14. The molecule has 17 heavy (non-hydrogen) atoms. The fourth-order valence-electron chi connectivity index (χ4n) is 2.13. The van der Waals surface area contributed by atoms with Crippen molar-refractivity contribution in [2.24, 2.45) is 0 Å². The van der Waals surface area contributed by atoms with E-state index in [1.807, 2.05) is 19.1 Å². The first-order chi connectivity index (χ1) is 8.20. The monoisotopic (exact) mass is 254 g/mol. The summed E-state index contributed by atoms with van der Waals surface area (Å²) in [6, 6.07) is 6.41. The standard InChI is InChI=1S/C13H19ClN2O/c1-3-17-13-5-4-10(8-11(13)14)12-9-16(2)7-6-15-12/h4-5,8,12,15H,3,6-7,9H2,1-2H3. The van der Waals surface area contributed by atoms with Gasteiger partial charge in [-0.25, -0.2) is 0 Å². The third-order valence-electron chi connectivity index (χ3n) is 3.04. The molecule has 1 fully saturated rings. The normalized spacial score (nSPS) is 21.5. The highest BCUT2D eigenvalue weighted by molar-refractivity contribution is 6.32. The summed E-state index contributed by atoms with van der Waals surface area (Å²) < 4.78 is 5.44. The third-order valence-corrected chi connectivity index (χ3v) is 3.33. The number of hydrogen-bond acceptors (Lipinski definition) is 3. The first-order valence-corrected chi connectivity index (χ1v) is 6.42. The molecule has 1 aromatic carbocycles. The van der Waals surface area contributed by atoms with Crippen LogP contribution in [0.5, 0.6) is 5.75 Å². The lowest BCUT2D eigenvalue weighted by Gasteiger charge is -2.31. The van der Waals surface area contributed by atoms with E-state index >= 15 is 0 Å². The summed E-state index contributed by atoms with van der Waals surface area (Å²) in [5.41, 5.74) is 1.23. The Hall–Kier alpha value is -0.770. The first kappa shape index (κ1) is 12.7. The van der Waals surface area contributed by atoms with Gasteiger partial charge in [0.15, 0.2) is 0 Å². The van der Waals surface area contributed by atoms with Crippen molar-refractivity contribution in [2.75, 3.05) is 33.3 Å². The molecule has 1 aliphatic rings. The number of benzene rings is 1. The first-order valence-electron chi connectivity index (χ1n) is 6.05. The second kappa shape index (κ2) is 5.71. The van der Waals surface area contributed by atoms with E-state index in [-0.39, 0.29) is 0 Å². The molecule has 0 radical (unpaired) electrons. The zero-order chi connectivity index (χ0) is 12.3. The molecule has 0 spiro atoms. The molecule has 0 saturated carbocycles. The number of ether oxygens (including phenoxy) is 1. The Balaban J connectivity index is 2.13. The van der Waals surface area contributed by atoms with E-state index in [0.717, 1.165) is 25.4 Å². The van der Waals surface area contributed by atoms with Gasteiger partial charge in [0, 0.05) is 25.7 Å². The number of hydrogen-bond donors (Lipinski definition) is 1. The molecule has 1 atom stereocenters. The summed E-state index contributed by atoms with van der Waals surface area (Å²) in [5, 5.41) is 4.20. The minimum absolute atomic E-state index is 0.363. The number of nitrogens with zero attached hydrogens (tertiary/aromatic N) is 1. The average Bonchev–Trinajstić information content (AvgIpc) is 2.32. The van der Waals surface area contributed by atoms with Gasteiger partial charge in [-0.1, -0.05) is 17.7 Å². The minimum atomic E-state index is 0.363. The number of likely N-dealkylation sites (N-methyl/N-ethyl adjacent to an activating group) is 1. The molecular formula is C13H19ClN2O. The van der Waals surface area contributed by atoms with Gasteiger partial charge in [-0.3, -0.25) is 0 Å². The molecule has 1 N–H and O–H groups in total. The second-order valence-electron chi connectivity index (χ2n) is 4.39. The predicted octanol–water partition coefficient (Wildman–Crippen LogP) is 2.31. The Bertz CT molecular complexity index is 384. The quantitative estimate of drug-likeness (QED) is 0.896. The fraction of sp³-hybridized carbons (Fsp3) is 0.538. The van der Waals surface area contributed by atoms with E-state index in [1.165, 1.54) is 5.56 Å². The van der Waals surface area contributed by atoms with Crippen LogP contribution in [0.4, 0.5) is 0 Å². The highest BCUT2D eigenvalue weighted by Crippen LogP contribution is 2.28. The molecule has 1 saturated heterocycles. The van der Waals surface area contributed by atoms with E-state index in [2.05, 4.69) is 23.3 Å². The molecule has 1 heterocycles. The van der Waals surface area contributed by atoms with Crippen molar-refractivity contribution in [3.8, 4) is 5.75 Å². The molecule has 94 valence electrons. The van der Waals surface area contributed by atoms with Crippen LogP contribution >= 0.6 is 11.6 Å². The van der Waals surface area contributed by atoms with Gasteiger partial charge in [0.1, 0.15) is 5.75 Å². The predicted molar refractivity (Wildman–Crippen MR) is 70.9 cm³/mol. The molecule has 3 nitrogen and oxygen atoms in total. The van der Waals surface area contributed by atoms with Crippen LogP contribution in [0.25, 0.3) is 0 Å². The number of nitrogens with one attached hydrogen (secondary N) is 1. The van der Waals surface area contributed by atoms with Crippen molar-refractivity contribution >= 4 is 11.6 Å². The number of piperazine rings is 1. The lowest BCUT2D eigenvalue weighted by molar-refractivity contribution is 0.240. The maximum Gasteiger partial charge on any atom is 0.137 e. The van der Waals surface area contributed by atoms with Crippen LogP contribution < -0.4 is 10.1 Å². The maximum absolute atomic E-state index is 6.20. The van der Waals surface area contributed by atoms with Crippen LogP contribution in [0.15, 0.2) is 18.2 Å². The molecule has 1 unspecified atom stereocenters. The Morgan fingerprint density at radius 1 is 1.53 bits per heavy atom. The van der Waals surface area contributed by atoms with Crippen LogP contribution in [0.1, 0.15) is 18.5 Å². The van der Waals surface area contributed by atoms with Gasteiger partial charge < -0.3 is 15.0 Å². The van der Waals surface area contributed by atoms with E-state index in [0.29, 0.717) is 17.7 Å². The van der Waals surface area contributed by atoms with E-state index in [1.54, 1.807) is 0 Å². The topological polar surface area (TPSA) is 24.5 Å². The zero-order valence-corrected chi connectivity index (χ0v) is 11.1. The van der Waals surface area contributed by atoms with E-state index < -0.39 is 0 Å². The molecular weight excluding hydrogens is 236 g/mol. The average molecular weight is 255 g/mol. The molecule has 1 aliphatic heterocycles. The smallest absolute Gasteiger partial charge is 0.137 e. The lowest BCUT2D eigenvalue weighted by atomic mass is 10.0. The van der Waals surface area contributed by atoms with Gasteiger partial charge in [0.05, 0.1) is 11.6 Å². The van der Waals surface area contributed by atoms with Crippen molar-refractivity contribution in [3.63, 3.8) is 0 Å². The summed E-state index contributed by atoms with van der Waals surface area (Å²) >= 11 is 6.20. The Kier molecular flexibility index (Phi) is 4.26. The summed E-state index contributed by atoms with van der Waals surface area (Å²) in [6.07, 6.45) is 0. The van der Waals surface area contributed by atoms with Gasteiger partial charge in [-0.05, 0) is 31.7 Å². The summed E-state index contributed by atoms with van der Waals surface area (Å²) in [5.74, 6) is 0.766. The number of rotatable bonds is 3. The van der Waals surface area contributed by atoms with Crippen LogP contribution in [0.3, 0.4) is 0 Å². The Labute approximate surface area is 108 Å². The molecule has 0 aromatic heterocycles. The lowest BCUT2D eigenvalue weighted by Crippen LogP contribution is -2.43. The molecule has 0 aliphatic carbocycles. The zero-order valence-electron chi connectivity index (χ0n) is 10.4. The highest BCUT2D eigenvalue weighted by atomic mass is 35.5. The molecule has 0 amide bonds. The van der Waals surface area contributed by atoms with Crippen molar-refractivity contribution in [1.29, 1.82) is 0 Å². The van der Waals surface area contributed by atoms with Crippen molar-refractivity contribution in [1.82, 2.24) is 10.2 Å². The Morgan fingerprint density at radius 2 is 2.35 bits per heavy atom. The Morgan fingerprint density at radius 3 is 3.00 bits per heavy atom. The molecule has 0 bridgehead atoms. The van der Waals surface area contributed by atoms with Crippen LogP contribution in [0.2, 0.25) is 5.02 Å². The van der Waals surface area contributed by atoms with Gasteiger partial charge >= 0.3 is 0 Å². The summed E-state index contributed by atoms with van der Waals surface area (Å²) in [4.78, 5) is 2.32. The van der Waals surface area contributed by atoms with Gasteiger partial charge in [-0.15, -0.1) is 0 Å². The van der Waals surface area contributed by atoms with Gasteiger partial charge in [-0.2, -0.15) is 0 Å². The van der Waals surface area contributed by atoms with Gasteiger partial charge in [0.2, 0.25) is 0 Å². The molecule has 4 heteroatoms. The van der Waals surface area contributed by atoms with E-state index in [4.69, 9.17) is 16.3 Å². The number of halogens is 1. The molecule has 2 rings (SSSR count). The summed E-state index contributed by atoms with van der Waals surface area (Å²) in [6.45, 7) is 5.74. The second-order valence-corrected chi connectivity index (χ2v) is 4.80. The van der Waals surface area contributed by atoms with E-state index in [9.17, 15) is 0 Å². The maximum atomic E-state index is 6.20. The van der Waals surface area contributed by atoms with Crippen LogP contribution in [0, 0.1) is 0 Å². The third kappa shape index (κ3) is 3.12. The highest BCUT2D eigenvalue weighted by Gasteiger charge is 2.18. The van der Waals surface area contributed by atoms with Crippen molar-refractivity contribution < 1.29 is 4.74 Å². The SMILES string of the molecule is CCOc1ccc(C2CN(C)CCN2)cc1Cl. The van der Waals surface area contributed by atoms with Gasteiger partial charge in [0.25, 0.3) is 0 Å².